The van der Waals surface area contributed by atoms with E-state index in [2.05, 4.69) is 21.8 Å². The van der Waals surface area contributed by atoms with Crippen LogP contribution in [0.4, 0.5) is 0 Å². The van der Waals surface area contributed by atoms with Crippen LogP contribution in [0.5, 0.6) is 0 Å². The summed E-state index contributed by atoms with van der Waals surface area (Å²) in [5.74, 6) is 0. The second kappa shape index (κ2) is 4.21. The van der Waals surface area contributed by atoms with E-state index in [1.54, 1.807) is 22.7 Å². The number of aliphatic hydroxyl groups excluding tert-OH is 1. The van der Waals surface area contributed by atoms with Crippen LogP contribution in [0.15, 0.2) is 16.8 Å². The van der Waals surface area contributed by atoms with Crippen LogP contribution in [0, 0.1) is 6.92 Å². The molecule has 2 aromatic rings. The van der Waals surface area contributed by atoms with E-state index in [1.165, 1.54) is 10.4 Å². The molecule has 74 valence electrons. The number of hydrogen-bond acceptors (Lipinski definition) is 4. The first-order chi connectivity index (χ1) is 6.81. The molecule has 2 rings (SSSR count). The van der Waals surface area contributed by atoms with Gasteiger partial charge in [0.05, 0.1) is 15.6 Å². The second-order valence-electron chi connectivity index (χ2n) is 3.00. The molecular weight excluding hydrogens is 214 g/mol. The van der Waals surface area contributed by atoms with Crippen molar-refractivity contribution in [3.63, 3.8) is 0 Å². The normalized spacial score (nSPS) is 10.7. The first kappa shape index (κ1) is 9.83. The lowest BCUT2D eigenvalue weighted by molar-refractivity contribution is 0.300. The van der Waals surface area contributed by atoms with Crippen molar-refractivity contribution in [1.29, 1.82) is 0 Å². The monoisotopic (exact) mass is 225 g/mol. The number of aliphatic hydroxyl groups is 1. The number of nitrogens with zero attached hydrogens (tertiary/aromatic N) is 1. The van der Waals surface area contributed by atoms with E-state index in [0.29, 0.717) is 0 Å². The maximum atomic E-state index is 8.90. The highest BCUT2D eigenvalue weighted by Crippen LogP contribution is 2.30. The molecule has 0 spiro atoms. The molecule has 0 aliphatic heterocycles. The maximum absolute atomic E-state index is 8.90. The van der Waals surface area contributed by atoms with E-state index in [1.807, 2.05) is 6.92 Å². The fourth-order valence-corrected chi connectivity index (χ4v) is 2.94. The number of aromatic nitrogens is 1. The van der Waals surface area contributed by atoms with Crippen LogP contribution in [0.25, 0.3) is 10.6 Å². The number of aryl methyl sites for hydroxylation is 1. The summed E-state index contributed by atoms with van der Waals surface area (Å²) in [6, 6.07) is 2.06. The highest BCUT2D eigenvalue weighted by Gasteiger charge is 2.08. The zero-order valence-corrected chi connectivity index (χ0v) is 9.49. The van der Waals surface area contributed by atoms with Crippen molar-refractivity contribution in [2.75, 3.05) is 6.61 Å². The third kappa shape index (κ3) is 1.87. The van der Waals surface area contributed by atoms with Crippen molar-refractivity contribution in [2.24, 2.45) is 0 Å². The molecule has 1 N–H and O–H groups in total. The summed E-state index contributed by atoms with van der Waals surface area (Å²) >= 11 is 3.35. The smallest absolute Gasteiger partial charge is 0.0916 e. The van der Waals surface area contributed by atoms with Crippen molar-refractivity contribution in [2.45, 2.75) is 13.3 Å². The molecule has 0 saturated carbocycles. The van der Waals surface area contributed by atoms with Crippen molar-refractivity contribution in [3.8, 4) is 10.6 Å². The van der Waals surface area contributed by atoms with Crippen LogP contribution in [0.2, 0.25) is 0 Å². The molecule has 0 aliphatic rings. The minimum Gasteiger partial charge on any atom is -0.396 e. The first-order valence-corrected chi connectivity index (χ1v) is 6.17. The fourth-order valence-electron chi connectivity index (χ4n) is 1.35. The molecule has 0 unspecified atom stereocenters. The molecule has 0 aromatic carbocycles. The van der Waals surface area contributed by atoms with Gasteiger partial charge < -0.3 is 5.11 Å². The zero-order valence-electron chi connectivity index (χ0n) is 7.86. The van der Waals surface area contributed by atoms with E-state index in [9.17, 15) is 0 Å². The van der Waals surface area contributed by atoms with Crippen LogP contribution in [-0.2, 0) is 6.42 Å². The van der Waals surface area contributed by atoms with Gasteiger partial charge in [0.2, 0.25) is 0 Å². The van der Waals surface area contributed by atoms with Gasteiger partial charge in [0, 0.05) is 12.0 Å². The minimum atomic E-state index is 0.201. The van der Waals surface area contributed by atoms with Gasteiger partial charge in [-0.2, -0.15) is 0 Å². The average molecular weight is 225 g/mol. The lowest BCUT2D eigenvalue weighted by atomic mass is 10.2. The molecule has 2 aromatic heterocycles. The Morgan fingerprint density at radius 1 is 1.43 bits per heavy atom. The van der Waals surface area contributed by atoms with Gasteiger partial charge in [0.1, 0.15) is 0 Å². The zero-order chi connectivity index (χ0) is 9.97. The predicted molar refractivity (Wildman–Crippen MR) is 61.0 cm³/mol. The van der Waals surface area contributed by atoms with E-state index < -0.39 is 0 Å². The summed E-state index contributed by atoms with van der Waals surface area (Å²) in [5, 5.41) is 14.1. The Bertz CT molecular complexity index is 419. The lowest BCUT2D eigenvalue weighted by Gasteiger charge is -1.97. The quantitative estimate of drug-likeness (QED) is 0.871. The Morgan fingerprint density at radius 2 is 2.29 bits per heavy atom. The van der Waals surface area contributed by atoms with Crippen molar-refractivity contribution in [1.82, 2.24) is 4.98 Å². The van der Waals surface area contributed by atoms with Gasteiger partial charge >= 0.3 is 0 Å². The molecule has 0 radical (unpaired) electrons. The number of hydrogen-bond donors (Lipinski definition) is 1. The summed E-state index contributed by atoms with van der Waals surface area (Å²) in [7, 11) is 0. The van der Waals surface area contributed by atoms with Crippen molar-refractivity contribution in [3.05, 3.63) is 27.4 Å². The van der Waals surface area contributed by atoms with Gasteiger partial charge in [-0.3, -0.25) is 0 Å². The first-order valence-electron chi connectivity index (χ1n) is 4.41. The maximum Gasteiger partial charge on any atom is 0.0916 e. The van der Waals surface area contributed by atoms with Crippen molar-refractivity contribution >= 4 is 22.7 Å². The molecule has 0 atom stereocenters. The van der Waals surface area contributed by atoms with Crippen LogP contribution < -0.4 is 0 Å². The summed E-state index contributed by atoms with van der Waals surface area (Å²) < 4.78 is 0. The summed E-state index contributed by atoms with van der Waals surface area (Å²) in [4.78, 5) is 5.64. The molecule has 0 fully saturated rings. The molecule has 0 saturated heterocycles. The fraction of sp³-hybridized carbons (Fsp3) is 0.300. The highest BCUT2D eigenvalue weighted by molar-refractivity contribution is 7.14. The van der Waals surface area contributed by atoms with Crippen LogP contribution >= 0.6 is 22.7 Å². The Kier molecular flexibility index (Phi) is 2.96. The van der Waals surface area contributed by atoms with E-state index >= 15 is 0 Å². The SMILES string of the molecule is Cc1nc(-c2sccc2CCO)cs1. The third-order valence-electron chi connectivity index (χ3n) is 1.98. The van der Waals surface area contributed by atoms with Gasteiger partial charge in [0.25, 0.3) is 0 Å². The number of thiophene rings is 1. The van der Waals surface area contributed by atoms with E-state index in [4.69, 9.17) is 5.11 Å². The molecule has 0 amide bonds. The second-order valence-corrected chi connectivity index (χ2v) is 4.98. The minimum absolute atomic E-state index is 0.201. The molecule has 0 aliphatic carbocycles. The summed E-state index contributed by atoms with van der Waals surface area (Å²) in [6.07, 6.45) is 0.718. The van der Waals surface area contributed by atoms with Crippen LogP contribution in [0.1, 0.15) is 10.6 Å². The highest BCUT2D eigenvalue weighted by atomic mass is 32.1. The Labute approximate surface area is 90.9 Å². The topological polar surface area (TPSA) is 33.1 Å². The molecule has 2 nitrogen and oxygen atoms in total. The summed E-state index contributed by atoms with van der Waals surface area (Å²) in [6.45, 7) is 2.21. The van der Waals surface area contributed by atoms with Gasteiger partial charge in [-0.15, -0.1) is 22.7 Å². The summed E-state index contributed by atoms with van der Waals surface area (Å²) in [5.41, 5.74) is 2.24. The third-order valence-corrected chi connectivity index (χ3v) is 3.73. The van der Waals surface area contributed by atoms with Gasteiger partial charge in [-0.1, -0.05) is 0 Å². The van der Waals surface area contributed by atoms with Crippen LogP contribution in [-0.4, -0.2) is 16.7 Å². The molecule has 4 heteroatoms. The largest absolute Gasteiger partial charge is 0.396 e. The number of rotatable bonds is 3. The Hall–Kier alpha value is -0.710. The van der Waals surface area contributed by atoms with Crippen molar-refractivity contribution < 1.29 is 5.11 Å². The Balaban J connectivity index is 2.36. The predicted octanol–water partition coefficient (Wildman–Crippen LogP) is 2.71. The molecule has 2 heterocycles. The Morgan fingerprint density at radius 3 is 2.93 bits per heavy atom. The van der Waals surface area contributed by atoms with E-state index in [0.717, 1.165) is 17.1 Å². The molecule has 0 bridgehead atoms. The van der Waals surface area contributed by atoms with Gasteiger partial charge in [0.15, 0.2) is 0 Å². The van der Waals surface area contributed by atoms with Gasteiger partial charge in [-0.25, -0.2) is 4.98 Å². The molecular formula is C10H11NOS2. The lowest BCUT2D eigenvalue weighted by Crippen LogP contribution is -1.90. The standard InChI is InChI=1S/C10H11NOS2/c1-7-11-9(6-14-7)10-8(2-4-12)3-5-13-10/h3,5-6,12H,2,4H2,1H3. The molecule has 14 heavy (non-hydrogen) atoms. The van der Waals surface area contributed by atoms with Crippen LogP contribution in [0.3, 0.4) is 0 Å². The van der Waals surface area contributed by atoms with Gasteiger partial charge in [-0.05, 0) is 30.4 Å². The number of thiazole rings is 1. The average Bonchev–Trinajstić information content (AvgIpc) is 2.74. The van der Waals surface area contributed by atoms with E-state index in [-0.39, 0.29) is 6.61 Å².